The Balaban J connectivity index is 1.91. The van der Waals surface area contributed by atoms with Gasteiger partial charge in [-0.3, -0.25) is 0 Å². The molecule has 2 N–H and O–H groups in total. The van der Waals surface area contributed by atoms with Crippen LogP contribution in [-0.2, 0) is 6.61 Å². The Hall–Kier alpha value is -1.99. The number of hydrogen-bond acceptors (Lipinski definition) is 3. The molecule has 0 saturated carbocycles. The summed E-state index contributed by atoms with van der Waals surface area (Å²) in [6.07, 6.45) is 0. The van der Waals surface area contributed by atoms with Crippen LogP contribution in [0, 0.1) is 16.4 Å². The topological polar surface area (TPSA) is 53.7 Å². The van der Waals surface area contributed by atoms with E-state index in [0.717, 1.165) is 12.1 Å². The lowest BCUT2D eigenvalue weighted by molar-refractivity contribution is 0.282. The SMILES string of the molecule is Fc1cccc(F)c1COc1nc2[nH]c(=S)[nH]c2cc1Cl. The molecule has 0 spiro atoms. The van der Waals surface area contributed by atoms with Crippen LogP contribution in [0.5, 0.6) is 5.88 Å². The molecule has 1 aromatic carbocycles. The van der Waals surface area contributed by atoms with Gasteiger partial charge in [-0.15, -0.1) is 0 Å². The summed E-state index contributed by atoms with van der Waals surface area (Å²) in [5.74, 6) is -1.31. The third-order valence-corrected chi connectivity index (χ3v) is 3.31. The van der Waals surface area contributed by atoms with E-state index in [9.17, 15) is 8.78 Å². The van der Waals surface area contributed by atoms with E-state index >= 15 is 0 Å². The molecule has 0 bridgehead atoms. The van der Waals surface area contributed by atoms with Gasteiger partial charge in [-0.25, -0.2) is 8.78 Å². The number of H-pyrrole nitrogens is 2. The number of nitrogens with one attached hydrogen (secondary N) is 2. The van der Waals surface area contributed by atoms with E-state index in [1.165, 1.54) is 6.07 Å². The molecule has 8 heteroatoms. The molecule has 0 radical (unpaired) electrons. The number of hydrogen-bond donors (Lipinski definition) is 2. The van der Waals surface area contributed by atoms with E-state index in [2.05, 4.69) is 15.0 Å². The molecule has 3 aromatic rings. The summed E-state index contributed by atoms with van der Waals surface area (Å²) in [4.78, 5) is 9.78. The van der Waals surface area contributed by atoms with Crippen molar-refractivity contribution in [2.45, 2.75) is 6.61 Å². The molecule has 2 aromatic heterocycles. The highest BCUT2D eigenvalue weighted by molar-refractivity contribution is 7.71. The van der Waals surface area contributed by atoms with Gasteiger partial charge in [0.1, 0.15) is 23.3 Å². The van der Waals surface area contributed by atoms with Crippen molar-refractivity contribution in [2.24, 2.45) is 0 Å². The zero-order chi connectivity index (χ0) is 15.0. The summed E-state index contributed by atoms with van der Waals surface area (Å²) in [6.45, 7) is -0.318. The second-order valence-corrected chi connectivity index (χ2v) is 5.05. The molecule has 0 fully saturated rings. The molecule has 0 aliphatic carbocycles. The number of nitrogens with zero attached hydrogens (tertiary/aromatic N) is 1. The number of imidazole rings is 1. The highest BCUT2D eigenvalue weighted by Crippen LogP contribution is 2.26. The summed E-state index contributed by atoms with van der Waals surface area (Å²) in [5, 5.41) is 0.212. The van der Waals surface area contributed by atoms with E-state index in [0.29, 0.717) is 15.9 Å². The molecule has 2 heterocycles. The van der Waals surface area contributed by atoms with Crippen molar-refractivity contribution < 1.29 is 13.5 Å². The largest absolute Gasteiger partial charge is 0.471 e. The lowest BCUT2D eigenvalue weighted by atomic mass is 10.2. The predicted molar refractivity (Wildman–Crippen MR) is 77.0 cm³/mol. The normalized spacial score (nSPS) is 11.0. The summed E-state index contributed by atoms with van der Waals surface area (Å²) < 4.78 is 32.7. The number of pyridine rings is 1. The lowest BCUT2D eigenvalue weighted by Crippen LogP contribution is -2.03. The minimum atomic E-state index is -0.687. The number of aromatic nitrogens is 3. The summed E-state index contributed by atoms with van der Waals surface area (Å²) in [6, 6.07) is 5.17. The Morgan fingerprint density at radius 1 is 1.24 bits per heavy atom. The Morgan fingerprint density at radius 2 is 1.95 bits per heavy atom. The minimum absolute atomic E-state index is 0.0667. The zero-order valence-electron chi connectivity index (χ0n) is 10.4. The van der Waals surface area contributed by atoms with Crippen molar-refractivity contribution >= 4 is 35.0 Å². The third kappa shape index (κ3) is 2.74. The van der Waals surface area contributed by atoms with Crippen molar-refractivity contribution in [1.29, 1.82) is 0 Å². The van der Waals surface area contributed by atoms with Crippen LogP contribution in [0.15, 0.2) is 24.3 Å². The zero-order valence-corrected chi connectivity index (χ0v) is 12.0. The molecule has 3 rings (SSSR count). The first kappa shape index (κ1) is 14.0. The maximum Gasteiger partial charge on any atom is 0.235 e. The van der Waals surface area contributed by atoms with E-state index in [1.807, 2.05) is 0 Å². The van der Waals surface area contributed by atoms with Crippen LogP contribution in [0.4, 0.5) is 8.78 Å². The van der Waals surface area contributed by atoms with Gasteiger partial charge < -0.3 is 14.7 Å². The third-order valence-electron chi connectivity index (χ3n) is 2.84. The second-order valence-electron chi connectivity index (χ2n) is 4.24. The number of rotatable bonds is 3. The first-order valence-electron chi connectivity index (χ1n) is 5.89. The second kappa shape index (κ2) is 5.42. The number of ether oxygens (including phenoxy) is 1. The monoisotopic (exact) mass is 327 g/mol. The lowest BCUT2D eigenvalue weighted by Gasteiger charge is -2.08. The van der Waals surface area contributed by atoms with Crippen molar-refractivity contribution in [3.05, 3.63) is 51.3 Å². The number of fused-ring (bicyclic) bond motifs is 1. The van der Waals surface area contributed by atoms with E-state index in [-0.39, 0.29) is 23.1 Å². The van der Waals surface area contributed by atoms with Crippen molar-refractivity contribution in [3.8, 4) is 5.88 Å². The van der Waals surface area contributed by atoms with Crippen molar-refractivity contribution in [2.75, 3.05) is 0 Å². The average molecular weight is 328 g/mol. The van der Waals surface area contributed by atoms with Gasteiger partial charge in [0.25, 0.3) is 0 Å². The Morgan fingerprint density at radius 3 is 2.67 bits per heavy atom. The molecule has 0 atom stereocenters. The van der Waals surface area contributed by atoms with Gasteiger partial charge in [0.15, 0.2) is 10.4 Å². The molecule has 108 valence electrons. The summed E-state index contributed by atoms with van der Waals surface area (Å²) in [7, 11) is 0. The van der Waals surface area contributed by atoms with Crippen LogP contribution >= 0.6 is 23.8 Å². The number of aromatic amines is 2. The summed E-state index contributed by atoms with van der Waals surface area (Å²) in [5.41, 5.74) is 0.889. The molecular weight excluding hydrogens is 320 g/mol. The van der Waals surface area contributed by atoms with Crippen LogP contribution in [0.1, 0.15) is 5.56 Å². The van der Waals surface area contributed by atoms with E-state index in [4.69, 9.17) is 28.6 Å². The van der Waals surface area contributed by atoms with Gasteiger partial charge in [-0.05, 0) is 30.4 Å². The maximum atomic E-state index is 13.5. The standard InChI is InChI=1S/C13H8ClF2N3OS/c14-7-4-10-11(19-13(21)17-10)18-12(7)20-5-6-8(15)2-1-3-9(6)16/h1-4H,5H2,(H2,17,18,19,21). The molecule has 0 aliphatic rings. The first-order valence-corrected chi connectivity index (χ1v) is 6.67. The van der Waals surface area contributed by atoms with Crippen LogP contribution < -0.4 is 4.74 Å². The Bertz CT molecular complexity index is 857. The van der Waals surface area contributed by atoms with E-state index in [1.54, 1.807) is 6.07 Å². The Labute approximate surface area is 127 Å². The fourth-order valence-electron chi connectivity index (χ4n) is 1.84. The molecule has 21 heavy (non-hydrogen) atoms. The molecule has 0 saturated heterocycles. The number of halogens is 3. The van der Waals surface area contributed by atoms with Crippen LogP contribution in [-0.4, -0.2) is 15.0 Å². The van der Waals surface area contributed by atoms with Crippen molar-refractivity contribution in [1.82, 2.24) is 15.0 Å². The fraction of sp³-hybridized carbons (Fsp3) is 0.0769. The van der Waals surface area contributed by atoms with Gasteiger partial charge in [-0.2, -0.15) is 4.98 Å². The molecule has 0 amide bonds. The van der Waals surface area contributed by atoms with Gasteiger partial charge in [0, 0.05) is 0 Å². The minimum Gasteiger partial charge on any atom is -0.471 e. The van der Waals surface area contributed by atoms with Crippen molar-refractivity contribution in [3.63, 3.8) is 0 Å². The van der Waals surface area contributed by atoms with Gasteiger partial charge in [-0.1, -0.05) is 17.7 Å². The molecular formula is C13H8ClF2N3OS. The molecule has 0 aliphatic heterocycles. The van der Waals surface area contributed by atoms with Crippen LogP contribution in [0.2, 0.25) is 5.02 Å². The first-order chi connectivity index (χ1) is 10.0. The Kier molecular flexibility index (Phi) is 3.60. The molecule has 0 unspecified atom stereocenters. The average Bonchev–Trinajstić information content (AvgIpc) is 2.77. The van der Waals surface area contributed by atoms with Crippen LogP contribution in [0.3, 0.4) is 0 Å². The molecule has 4 nitrogen and oxygen atoms in total. The maximum absolute atomic E-state index is 13.5. The van der Waals surface area contributed by atoms with E-state index < -0.39 is 11.6 Å². The van der Waals surface area contributed by atoms with Gasteiger partial charge in [0.2, 0.25) is 5.88 Å². The van der Waals surface area contributed by atoms with Gasteiger partial charge >= 0.3 is 0 Å². The smallest absolute Gasteiger partial charge is 0.235 e. The summed E-state index contributed by atoms with van der Waals surface area (Å²) >= 11 is 11.0. The highest BCUT2D eigenvalue weighted by atomic mass is 35.5. The van der Waals surface area contributed by atoms with Crippen LogP contribution in [0.25, 0.3) is 11.2 Å². The quantitative estimate of drug-likeness (QED) is 0.711. The van der Waals surface area contributed by atoms with Gasteiger partial charge in [0.05, 0.1) is 11.1 Å². The number of benzene rings is 1. The predicted octanol–water partition coefficient (Wildman–Crippen LogP) is 4.13. The highest BCUT2D eigenvalue weighted by Gasteiger charge is 2.12. The fourth-order valence-corrected chi connectivity index (χ4v) is 2.25.